The van der Waals surface area contributed by atoms with Gasteiger partial charge in [0.25, 0.3) is 0 Å². The summed E-state index contributed by atoms with van der Waals surface area (Å²) in [5.41, 5.74) is 0. The summed E-state index contributed by atoms with van der Waals surface area (Å²) in [4.78, 5) is 0. The van der Waals surface area contributed by atoms with Gasteiger partial charge in [0.15, 0.2) is 0 Å². The van der Waals surface area contributed by atoms with Crippen molar-refractivity contribution in [2.45, 2.75) is 31.9 Å². The fraction of sp³-hybridized carbons (Fsp3) is 1.00. The van der Waals surface area contributed by atoms with Crippen molar-refractivity contribution in [1.29, 1.82) is 0 Å². The van der Waals surface area contributed by atoms with E-state index in [4.69, 9.17) is 4.74 Å². The average molecular weight is 213 g/mol. The molecule has 5 heteroatoms. The van der Waals surface area contributed by atoms with Crippen LogP contribution in [0.3, 0.4) is 0 Å². The predicted octanol–water partition coefficient (Wildman–Crippen LogP) is 2.35. The first-order chi connectivity index (χ1) is 6.56. The molecule has 0 aliphatic carbocycles. The number of hydrogen-bond acceptors (Lipinski definition) is 2. The molecule has 0 aliphatic heterocycles. The molecule has 1 N–H and O–H groups in total. The van der Waals surface area contributed by atoms with Crippen molar-refractivity contribution in [1.82, 2.24) is 5.32 Å². The van der Waals surface area contributed by atoms with Gasteiger partial charge in [-0.2, -0.15) is 13.2 Å². The highest BCUT2D eigenvalue weighted by atomic mass is 19.4. The van der Waals surface area contributed by atoms with E-state index in [2.05, 4.69) is 5.32 Å². The van der Waals surface area contributed by atoms with Crippen molar-refractivity contribution in [3.63, 3.8) is 0 Å². The smallest absolute Gasteiger partial charge is 0.385 e. The van der Waals surface area contributed by atoms with Gasteiger partial charge in [-0.25, -0.2) is 0 Å². The summed E-state index contributed by atoms with van der Waals surface area (Å²) in [6, 6.07) is 0. The summed E-state index contributed by atoms with van der Waals surface area (Å²) in [6.45, 7) is 1.91. The van der Waals surface area contributed by atoms with Crippen LogP contribution in [0.1, 0.15) is 25.7 Å². The van der Waals surface area contributed by atoms with E-state index in [9.17, 15) is 13.2 Å². The normalized spacial score (nSPS) is 12.0. The average Bonchev–Trinajstić information content (AvgIpc) is 2.08. The molecule has 14 heavy (non-hydrogen) atoms. The minimum Gasteiger partial charge on any atom is -0.385 e. The van der Waals surface area contributed by atoms with Crippen LogP contribution in [0.25, 0.3) is 0 Å². The molecule has 86 valence electrons. The van der Waals surface area contributed by atoms with Gasteiger partial charge < -0.3 is 10.1 Å². The molecule has 0 aromatic rings. The fourth-order valence-corrected chi connectivity index (χ4v) is 1.04. The molecule has 0 radical (unpaired) electrons. The molecule has 0 bridgehead atoms. The molecule has 0 rings (SSSR count). The SMILES string of the molecule is COCCCCNCCCC(F)(F)F. The van der Waals surface area contributed by atoms with Gasteiger partial charge in [-0.15, -0.1) is 0 Å². The van der Waals surface area contributed by atoms with Crippen LogP contribution in [-0.2, 0) is 4.74 Å². The van der Waals surface area contributed by atoms with E-state index in [1.165, 1.54) is 0 Å². The highest BCUT2D eigenvalue weighted by molar-refractivity contribution is 4.54. The zero-order chi connectivity index (χ0) is 10.9. The number of hydrogen-bond donors (Lipinski definition) is 1. The summed E-state index contributed by atoms with van der Waals surface area (Å²) >= 11 is 0. The lowest BCUT2D eigenvalue weighted by molar-refractivity contribution is -0.135. The van der Waals surface area contributed by atoms with Gasteiger partial charge in [-0.1, -0.05) is 0 Å². The largest absolute Gasteiger partial charge is 0.389 e. The highest BCUT2D eigenvalue weighted by Gasteiger charge is 2.25. The molecule has 0 atom stereocenters. The van der Waals surface area contributed by atoms with Crippen LogP contribution in [0.4, 0.5) is 13.2 Å². The molecule has 0 aromatic heterocycles. The molecule has 0 heterocycles. The number of ether oxygens (including phenoxy) is 1. The second-order valence-corrected chi connectivity index (χ2v) is 3.17. The van der Waals surface area contributed by atoms with E-state index in [1.54, 1.807) is 7.11 Å². The Kier molecular flexibility index (Phi) is 7.89. The van der Waals surface area contributed by atoms with Crippen LogP contribution < -0.4 is 5.32 Å². The van der Waals surface area contributed by atoms with Gasteiger partial charge in [0, 0.05) is 20.1 Å². The minimum absolute atomic E-state index is 0.160. The van der Waals surface area contributed by atoms with E-state index >= 15 is 0 Å². The fourth-order valence-electron chi connectivity index (χ4n) is 1.04. The third kappa shape index (κ3) is 11.7. The van der Waals surface area contributed by atoms with Gasteiger partial charge in [-0.3, -0.25) is 0 Å². The number of methoxy groups -OCH3 is 1. The van der Waals surface area contributed by atoms with Crippen LogP contribution in [0.5, 0.6) is 0 Å². The molecule has 0 fully saturated rings. The first-order valence-corrected chi connectivity index (χ1v) is 4.82. The quantitative estimate of drug-likeness (QED) is 0.625. The maximum absolute atomic E-state index is 11.7. The van der Waals surface area contributed by atoms with Crippen molar-refractivity contribution in [3.8, 4) is 0 Å². The van der Waals surface area contributed by atoms with Gasteiger partial charge in [0.05, 0.1) is 0 Å². The van der Waals surface area contributed by atoms with E-state index in [0.29, 0.717) is 13.2 Å². The van der Waals surface area contributed by atoms with Gasteiger partial charge in [-0.05, 0) is 32.4 Å². The second-order valence-electron chi connectivity index (χ2n) is 3.17. The summed E-state index contributed by atoms with van der Waals surface area (Å²) in [5, 5.41) is 2.96. The number of alkyl halides is 3. The molecule has 0 aromatic carbocycles. The lowest BCUT2D eigenvalue weighted by Crippen LogP contribution is -2.19. The van der Waals surface area contributed by atoms with E-state index < -0.39 is 12.6 Å². The van der Waals surface area contributed by atoms with E-state index in [1.807, 2.05) is 0 Å². The minimum atomic E-state index is -4.02. The first kappa shape index (κ1) is 13.7. The van der Waals surface area contributed by atoms with Crippen molar-refractivity contribution in [2.75, 3.05) is 26.8 Å². The van der Waals surface area contributed by atoms with Crippen molar-refractivity contribution < 1.29 is 17.9 Å². The van der Waals surface area contributed by atoms with Crippen LogP contribution in [-0.4, -0.2) is 33.0 Å². The Morgan fingerprint density at radius 3 is 2.29 bits per heavy atom. The highest BCUT2D eigenvalue weighted by Crippen LogP contribution is 2.20. The van der Waals surface area contributed by atoms with Crippen molar-refractivity contribution in [3.05, 3.63) is 0 Å². The van der Waals surface area contributed by atoms with E-state index in [0.717, 1.165) is 19.4 Å². The number of halogens is 3. The molecule has 0 unspecified atom stereocenters. The summed E-state index contributed by atoms with van der Waals surface area (Å²) in [6.07, 6.45) is -2.66. The Balaban J connectivity index is 2.99. The Labute approximate surface area is 82.8 Å². The molecule has 0 saturated heterocycles. The van der Waals surface area contributed by atoms with Crippen molar-refractivity contribution in [2.24, 2.45) is 0 Å². The molecule has 2 nitrogen and oxygen atoms in total. The van der Waals surface area contributed by atoms with E-state index in [-0.39, 0.29) is 6.42 Å². The zero-order valence-electron chi connectivity index (χ0n) is 8.49. The Hall–Kier alpha value is -0.290. The summed E-state index contributed by atoms with van der Waals surface area (Å²) in [7, 11) is 1.64. The van der Waals surface area contributed by atoms with Crippen LogP contribution in [0.2, 0.25) is 0 Å². The zero-order valence-corrected chi connectivity index (χ0v) is 8.49. The summed E-state index contributed by atoms with van der Waals surface area (Å²) < 4.78 is 39.9. The van der Waals surface area contributed by atoms with Crippen LogP contribution >= 0.6 is 0 Å². The summed E-state index contributed by atoms with van der Waals surface area (Å²) in [5.74, 6) is 0. The Bertz CT molecular complexity index is 128. The third-order valence-corrected chi connectivity index (χ3v) is 1.77. The lowest BCUT2D eigenvalue weighted by Gasteiger charge is -2.06. The Morgan fingerprint density at radius 2 is 1.71 bits per heavy atom. The Morgan fingerprint density at radius 1 is 1.07 bits per heavy atom. The molecular weight excluding hydrogens is 195 g/mol. The third-order valence-electron chi connectivity index (χ3n) is 1.77. The second kappa shape index (κ2) is 8.05. The number of unbranched alkanes of at least 4 members (excludes halogenated alkanes) is 1. The molecule has 0 aliphatic rings. The predicted molar refractivity (Wildman–Crippen MR) is 49.3 cm³/mol. The van der Waals surface area contributed by atoms with Crippen LogP contribution in [0.15, 0.2) is 0 Å². The van der Waals surface area contributed by atoms with Gasteiger partial charge >= 0.3 is 6.18 Å². The van der Waals surface area contributed by atoms with Crippen LogP contribution in [0, 0.1) is 0 Å². The first-order valence-electron chi connectivity index (χ1n) is 4.82. The molecule has 0 spiro atoms. The topological polar surface area (TPSA) is 21.3 Å². The molecular formula is C9H18F3NO. The monoisotopic (exact) mass is 213 g/mol. The molecule has 0 saturated carbocycles. The van der Waals surface area contributed by atoms with Gasteiger partial charge in [0.2, 0.25) is 0 Å². The molecule has 0 amide bonds. The van der Waals surface area contributed by atoms with Gasteiger partial charge in [0.1, 0.15) is 0 Å². The maximum atomic E-state index is 11.7. The number of nitrogens with one attached hydrogen (secondary N) is 1. The maximum Gasteiger partial charge on any atom is 0.389 e. The standard InChI is InChI=1S/C9H18F3NO/c1-14-8-3-2-6-13-7-4-5-9(10,11)12/h13H,2-8H2,1H3. The number of rotatable bonds is 8. The lowest BCUT2D eigenvalue weighted by atomic mass is 10.3. The van der Waals surface area contributed by atoms with Crippen molar-refractivity contribution >= 4 is 0 Å².